The van der Waals surface area contributed by atoms with E-state index in [-0.39, 0.29) is 11.6 Å². The molecule has 0 aromatic heterocycles. The van der Waals surface area contributed by atoms with Crippen LogP contribution in [0.25, 0.3) is 0 Å². The summed E-state index contributed by atoms with van der Waals surface area (Å²) in [6.45, 7) is 8.03. The number of rotatable bonds is 6. The van der Waals surface area contributed by atoms with Crippen molar-refractivity contribution in [3.63, 3.8) is 0 Å². The van der Waals surface area contributed by atoms with Crippen LogP contribution in [0, 0.1) is 0 Å². The fourth-order valence-electron chi connectivity index (χ4n) is 2.33. The van der Waals surface area contributed by atoms with Crippen molar-refractivity contribution in [3.8, 4) is 11.5 Å². The Hall–Kier alpha value is -1.26. The molecule has 1 aromatic rings. The van der Waals surface area contributed by atoms with Gasteiger partial charge in [0.15, 0.2) is 0 Å². The summed E-state index contributed by atoms with van der Waals surface area (Å²) >= 11 is 0. The van der Waals surface area contributed by atoms with Crippen molar-refractivity contribution in [2.24, 2.45) is 0 Å². The van der Waals surface area contributed by atoms with E-state index >= 15 is 0 Å². The van der Waals surface area contributed by atoms with Crippen molar-refractivity contribution in [1.29, 1.82) is 0 Å². The zero-order chi connectivity index (χ0) is 15.3. The summed E-state index contributed by atoms with van der Waals surface area (Å²) in [6.07, 6.45) is 2.65. The number of ether oxygens (including phenoxy) is 3. The van der Waals surface area contributed by atoms with Gasteiger partial charge in [0.25, 0.3) is 0 Å². The van der Waals surface area contributed by atoms with Crippen LogP contribution in [0.15, 0.2) is 24.3 Å². The maximum absolute atomic E-state index is 6.01. The molecular formula is C17H27NO3. The van der Waals surface area contributed by atoms with Crippen LogP contribution in [-0.2, 0) is 4.74 Å². The van der Waals surface area contributed by atoms with Gasteiger partial charge in [-0.2, -0.15) is 0 Å². The van der Waals surface area contributed by atoms with Crippen LogP contribution < -0.4 is 14.8 Å². The first kappa shape index (κ1) is 16.1. The van der Waals surface area contributed by atoms with E-state index in [1.165, 1.54) is 0 Å². The summed E-state index contributed by atoms with van der Waals surface area (Å²) in [5.41, 5.74) is 0.140. The third-order valence-corrected chi connectivity index (χ3v) is 3.55. The zero-order valence-corrected chi connectivity index (χ0v) is 13.5. The average molecular weight is 293 g/mol. The van der Waals surface area contributed by atoms with Crippen LogP contribution in [0.5, 0.6) is 11.5 Å². The summed E-state index contributed by atoms with van der Waals surface area (Å²) in [5.74, 6) is 1.70. The Morgan fingerprint density at radius 1 is 1.10 bits per heavy atom. The van der Waals surface area contributed by atoms with Crippen LogP contribution in [0.2, 0.25) is 0 Å². The lowest BCUT2D eigenvalue weighted by Gasteiger charge is -2.23. The smallest absolute Gasteiger partial charge is 0.119 e. The monoisotopic (exact) mass is 293 g/mol. The molecule has 0 aliphatic carbocycles. The molecule has 118 valence electrons. The van der Waals surface area contributed by atoms with E-state index in [1.807, 2.05) is 24.3 Å². The van der Waals surface area contributed by atoms with E-state index < -0.39 is 0 Å². The maximum Gasteiger partial charge on any atom is 0.119 e. The standard InChI is InChI=1S/C17H27NO3/c1-17(2,3)18-11-15-9-10-16(21-15)12-20-14-7-5-13(19-4)6-8-14/h5-8,15-16,18H,9-12H2,1-4H3. The molecule has 0 saturated carbocycles. The minimum atomic E-state index is 0.140. The van der Waals surface area contributed by atoms with Gasteiger partial charge >= 0.3 is 0 Å². The van der Waals surface area contributed by atoms with Crippen LogP contribution in [0.3, 0.4) is 0 Å². The maximum atomic E-state index is 6.01. The molecule has 1 aliphatic rings. The summed E-state index contributed by atoms with van der Waals surface area (Å²) in [4.78, 5) is 0. The van der Waals surface area contributed by atoms with E-state index in [4.69, 9.17) is 14.2 Å². The molecule has 1 fully saturated rings. The number of methoxy groups -OCH3 is 1. The molecule has 2 unspecified atom stereocenters. The van der Waals surface area contributed by atoms with Crippen molar-refractivity contribution >= 4 is 0 Å². The number of hydrogen-bond donors (Lipinski definition) is 1. The van der Waals surface area contributed by atoms with Crippen LogP contribution in [0.1, 0.15) is 33.6 Å². The van der Waals surface area contributed by atoms with Crippen LogP contribution >= 0.6 is 0 Å². The molecule has 4 heteroatoms. The van der Waals surface area contributed by atoms with Gasteiger partial charge in [-0.3, -0.25) is 0 Å². The minimum Gasteiger partial charge on any atom is -0.497 e. The lowest BCUT2D eigenvalue weighted by molar-refractivity contribution is 0.0162. The molecule has 1 N–H and O–H groups in total. The van der Waals surface area contributed by atoms with Crippen LogP contribution in [0.4, 0.5) is 0 Å². The first-order valence-electron chi connectivity index (χ1n) is 7.63. The van der Waals surface area contributed by atoms with Crippen LogP contribution in [-0.4, -0.2) is 38.0 Å². The Labute approximate surface area is 127 Å². The van der Waals surface area contributed by atoms with E-state index in [2.05, 4.69) is 26.1 Å². The molecule has 2 rings (SSSR count). The highest BCUT2D eigenvalue weighted by atomic mass is 16.5. The Balaban J connectivity index is 1.70. The Bertz CT molecular complexity index is 425. The third-order valence-electron chi connectivity index (χ3n) is 3.55. The van der Waals surface area contributed by atoms with Crippen molar-refractivity contribution in [1.82, 2.24) is 5.32 Å². The Kier molecular flexibility index (Phi) is 5.48. The molecule has 0 radical (unpaired) electrons. The third kappa shape index (κ3) is 5.56. The highest BCUT2D eigenvalue weighted by Crippen LogP contribution is 2.22. The molecule has 1 aliphatic heterocycles. The molecular weight excluding hydrogens is 266 g/mol. The highest BCUT2D eigenvalue weighted by molar-refractivity contribution is 5.31. The number of hydrogen-bond acceptors (Lipinski definition) is 4. The first-order chi connectivity index (χ1) is 9.96. The summed E-state index contributed by atoms with van der Waals surface area (Å²) in [7, 11) is 1.66. The summed E-state index contributed by atoms with van der Waals surface area (Å²) < 4.78 is 16.9. The van der Waals surface area contributed by atoms with Gasteiger partial charge in [0.05, 0.1) is 19.3 Å². The predicted octanol–water partition coefficient (Wildman–Crippen LogP) is 3.01. The average Bonchev–Trinajstić information content (AvgIpc) is 2.91. The molecule has 1 saturated heterocycles. The largest absolute Gasteiger partial charge is 0.497 e. The second-order valence-corrected chi connectivity index (χ2v) is 6.57. The molecule has 1 aromatic carbocycles. The van der Waals surface area contributed by atoms with Crippen molar-refractivity contribution < 1.29 is 14.2 Å². The molecule has 4 nitrogen and oxygen atoms in total. The van der Waals surface area contributed by atoms with Gasteiger partial charge in [-0.05, 0) is 57.9 Å². The first-order valence-corrected chi connectivity index (χ1v) is 7.63. The van der Waals surface area contributed by atoms with Gasteiger partial charge in [-0.25, -0.2) is 0 Å². The quantitative estimate of drug-likeness (QED) is 0.875. The summed E-state index contributed by atoms with van der Waals surface area (Å²) in [6, 6.07) is 7.65. The molecule has 1 heterocycles. The Morgan fingerprint density at radius 2 is 1.71 bits per heavy atom. The molecule has 0 bridgehead atoms. The molecule has 2 atom stereocenters. The van der Waals surface area contributed by atoms with Gasteiger partial charge in [0.1, 0.15) is 18.1 Å². The molecule has 0 spiro atoms. The van der Waals surface area contributed by atoms with Crippen molar-refractivity contribution in [3.05, 3.63) is 24.3 Å². The van der Waals surface area contributed by atoms with Crippen molar-refractivity contribution in [2.45, 2.75) is 51.4 Å². The van der Waals surface area contributed by atoms with Gasteiger partial charge < -0.3 is 19.5 Å². The topological polar surface area (TPSA) is 39.7 Å². The molecule has 21 heavy (non-hydrogen) atoms. The van der Waals surface area contributed by atoms with Gasteiger partial charge in [0.2, 0.25) is 0 Å². The van der Waals surface area contributed by atoms with Crippen molar-refractivity contribution in [2.75, 3.05) is 20.3 Å². The van der Waals surface area contributed by atoms with E-state index in [1.54, 1.807) is 7.11 Å². The number of benzene rings is 1. The lowest BCUT2D eigenvalue weighted by Crippen LogP contribution is -2.41. The zero-order valence-electron chi connectivity index (χ0n) is 13.5. The minimum absolute atomic E-state index is 0.140. The van der Waals surface area contributed by atoms with E-state index in [9.17, 15) is 0 Å². The van der Waals surface area contributed by atoms with E-state index in [0.717, 1.165) is 30.9 Å². The second kappa shape index (κ2) is 7.14. The predicted molar refractivity (Wildman–Crippen MR) is 84.1 cm³/mol. The summed E-state index contributed by atoms with van der Waals surface area (Å²) in [5, 5.41) is 3.49. The number of nitrogens with one attached hydrogen (secondary N) is 1. The van der Waals surface area contributed by atoms with Gasteiger partial charge in [-0.1, -0.05) is 0 Å². The fraction of sp³-hybridized carbons (Fsp3) is 0.647. The second-order valence-electron chi connectivity index (χ2n) is 6.57. The van der Waals surface area contributed by atoms with E-state index in [0.29, 0.717) is 12.7 Å². The fourth-order valence-corrected chi connectivity index (χ4v) is 2.33. The normalized spacial score (nSPS) is 22.3. The lowest BCUT2D eigenvalue weighted by atomic mass is 10.1. The SMILES string of the molecule is COc1ccc(OCC2CCC(CNC(C)(C)C)O2)cc1. The van der Waals surface area contributed by atoms with Gasteiger partial charge in [-0.15, -0.1) is 0 Å². The molecule has 0 amide bonds. The Morgan fingerprint density at radius 3 is 2.33 bits per heavy atom. The highest BCUT2D eigenvalue weighted by Gasteiger charge is 2.26. The van der Waals surface area contributed by atoms with Gasteiger partial charge in [0, 0.05) is 12.1 Å².